The van der Waals surface area contributed by atoms with Crippen molar-refractivity contribution in [3.63, 3.8) is 0 Å². The van der Waals surface area contributed by atoms with Gasteiger partial charge in [-0.25, -0.2) is 0 Å². The highest BCUT2D eigenvalue weighted by Gasteiger charge is 2.21. The Bertz CT molecular complexity index is 842. The van der Waals surface area contributed by atoms with Crippen LogP contribution in [0.25, 0.3) is 11.4 Å². The largest absolute Gasteiger partial charge is 0.437 e. The third kappa shape index (κ3) is 2.28. The van der Waals surface area contributed by atoms with E-state index >= 15 is 0 Å². The summed E-state index contributed by atoms with van der Waals surface area (Å²) >= 11 is 12.1. The summed E-state index contributed by atoms with van der Waals surface area (Å²) in [5.74, 6) is 2.16. The Morgan fingerprint density at radius 1 is 1.05 bits per heavy atom. The van der Waals surface area contributed by atoms with E-state index in [0.717, 1.165) is 34.8 Å². The molecule has 2 aromatic carbocycles. The molecule has 2 heterocycles. The van der Waals surface area contributed by atoms with E-state index in [1.54, 1.807) is 0 Å². The molecule has 0 aliphatic carbocycles. The van der Waals surface area contributed by atoms with E-state index in [-0.39, 0.29) is 0 Å². The number of H-pyrrole nitrogens is 1. The van der Waals surface area contributed by atoms with Crippen LogP contribution in [-0.4, -0.2) is 9.97 Å². The molecule has 1 aromatic heterocycles. The number of aromatic amines is 1. The molecule has 21 heavy (non-hydrogen) atoms. The normalized spacial score (nSPS) is 12.5. The summed E-state index contributed by atoms with van der Waals surface area (Å²) in [5, 5.41) is 1.38. The van der Waals surface area contributed by atoms with Crippen LogP contribution in [0.1, 0.15) is 11.3 Å². The van der Waals surface area contributed by atoms with E-state index in [9.17, 15) is 0 Å². The second kappa shape index (κ2) is 4.79. The average molecular weight is 317 g/mol. The maximum Gasteiger partial charge on any atom is 0.241 e. The highest BCUT2D eigenvalue weighted by molar-refractivity contribution is 6.31. The van der Waals surface area contributed by atoms with E-state index in [1.807, 2.05) is 42.5 Å². The van der Waals surface area contributed by atoms with Gasteiger partial charge in [0, 0.05) is 27.6 Å². The molecule has 0 unspecified atom stereocenters. The molecule has 0 radical (unpaired) electrons. The maximum atomic E-state index is 6.03. The van der Waals surface area contributed by atoms with Gasteiger partial charge in [0.2, 0.25) is 5.88 Å². The van der Waals surface area contributed by atoms with Crippen LogP contribution >= 0.6 is 23.2 Å². The lowest BCUT2D eigenvalue weighted by Crippen LogP contribution is -2.02. The second-order valence-electron chi connectivity index (χ2n) is 4.91. The van der Waals surface area contributed by atoms with Crippen LogP contribution in [0.4, 0.5) is 0 Å². The van der Waals surface area contributed by atoms with E-state index < -0.39 is 0 Å². The number of nitrogens with zero attached hydrogens (tertiary/aromatic N) is 1. The van der Waals surface area contributed by atoms with Gasteiger partial charge in [-0.15, -0.1) is 0 Å². The van der Waals surface area contributed by atoms with Gasteiger partial charge in [0.15, 0.2) is 0 Å². The molecule has 0 saturated heterocycles. The lowest BCUT2D eigenvalue weighted by Gasteiger charge is -2.15. The summed E-state index contributed by atoms with van der Waals surface area (Å²) in [6.07, 6.45) is 0.721. The molecule has 1 aliphatic heterocycles. The number of hydrogen-bond donors (Lipinski definition) is 1. The number of halogens is 2. The van der Waals surface area contributed by atoms with Crippen molar-refractivity contribution in [3.8, 4) is 23.0 Å². The quantitative estimate of drug-likeness (QED) is 0.531. The molecule has 0 atom stereocenters. The minimum Gasteiger partial charge on any atom is -0.437 e. The fraction of sp³-hybridized carbons (Fsp3) is 0.0625. The predicted octanol–water partition coefficient (Wildman–Crippen LogP) is 5.08. The first-order valence-electron chi connectivity index (χ1n) is 6.50. The SMILES string of the molecule is Clc1cccc(-c2nc3c([nH]2)Cc2cc(Cl)ccc2O3)c1. The van der Waals surface area contributed by atoms with Crippen LogP contribution in [0.15, 0.2) is 42.5 Å². The van der Waals surface area contributed by atoms with Crippen LogP contribution in [0.3, 0.4) is 0 Å². The Balaban J connectivity index is 1.75. The Kier molecular flexibility index (Phi) is 2.91. The van der Waals surface area contributed by atoms with Crippen molar-refractivity contribution in [2.24, 2.45) is 0 Å². The van der Waals surface area contributed by atoms with Gasteiger partial charge in [0.05, 0.1) is 5.69 Å². The molecule has 0 spiro atoms. The van der Waals surface area contributed by atoms with E-state index in [4.69, 9.17) is 27.9 Å². The van der Waals surface area contributed by atoms with Gasteiger partial charge in [0.1, 0.15) is 11.6 Å². The fourth-order valence-corrected chi connectivity index (χ4v) is 2.84. The summed E-state index contributed by atoms with van der Waals surface area (Å²) < 4.78 is 5.83. The van der Waals surface area contributed by atoms with Gasteiger partial charge in [-0.2, -0.15) is 4.98 Å². The lowest BCUT2D eigenvalue weighted by molar-refractivity contribution is 0.443. The maximum absolute atomic E-state index is 6.03. The lowest BCUT2D eigenvalue weighted by atomic mass is 10.1. The van der Waals surface area contributed by atoms with Crippen molar-refractivity contribution in [2.75, 3.05) is 0 Å². The van der Waals surface area contributed by atoms with Crippen molar-refractivity contribution in [2.45, 2.75) is 6.42 Å². The molecular formula is C16H10Cl2N2O. The van der Waals surface area contributed by atoms with Crippen LogP contribution in [0.5, 0.6) is 11.6 Å². The third-order valence-electron chi connectivity index (χ3n) is 3.44. The number of aromatic nitrogens is 2. The number of nitrogens with one attached hydrogen (secondary N) is 1. The third-order valence-corrected chi connectivity index (χ3v) is 3.91. The monoisotopic (exact) mass is 316 g/mol. The molecule has 1 N–H and O–H groups in total. The fourth-order valence-electron chi connectivity index (χ4n) is 2.45. The summed E-state index contributed by atoms with van der Waals surface area (Å²) in [4.78, 5) is 7.81. The Hall–Kier alpha value is -1.97. The molecule has 0 amide bonds. The van der Waals surface area contributed by atoms with Crippen LogP contribution in [0.2, 0.25) is 10.0 Å². The van der Waals surface area contributed by atoms with E-state index in [2.05, 4.69) is 9.97 Å². The van der Waals surface area contributed by atoms with Gasteiger partial charge >= 0.3 is 0 Å². The van der Waals surface area contributed by atoms with Crippen molar-refractivity contribution in [1.29, 1.82) is 0 Å². The van der Waals surface area contributed by atoms with Gasteiger partial charge in [-0.05, 0) is 30.3 Å². The summed E-state index contributed by atoms with van der Waals surface area (Å²) in [5.41, 5.74) is 2.93. The number of ether oxygens (including phenoxy) is 1. The number of rotatable bonds is 1. The highest BCUT2D eigenvalue weighted by Crippen LogP contribution is 2.37. The number of fused-ring (bicyclic) bond motifs is 2. The zero-order valence-electron chi connectivity index (χ0n) is 10.9. The molecule has 4 rings (SSSR count). The standard InChI is InChI=1S/C16H10Cl2N2O/c17-11-3-1-2-9(6-11)15-19-13-8-10-7-12(18)4-5-14(10)21-16(13)20-15/h1-7H,8H2,(H,19,20). The molecule has 0 fully saturated rings. The van der Waals surface area contributed by atoms with E-state index in [1.165, 1.54) is 0 Å². The van der Waals surface area contributed by atoms with Gasteiger partial charge in [-0.3, -0.25) is 0 Å². The summed E-state index contributed by atoms with van der Waals surface area (Å²) in [6.45, 7) is 0. The molecule has 0 saturated carbocycles. The molecule has 5 heteroatoms. The molecule has 3 aromatic rings. The summed E-state index contributed by atoms with van der Waals surface area (Å²) in [6, 6.07) is 13.2. The van der Waals surface area contributed by atoms with E-state index in [0.29, 0.717) is 15.9 Å². The topological polar surface area (TPSA) is 37.9 Å². The minimum absolute atomic E-state index is 0.611. The number of benzene rings is 2. The van der Waals surface area contributed by atoms with Crippen molar-refractivity contribution >= 4 is 23.2 Å². The van der Waals surface area contributed by atoms with Crippen LogP contribution < -0.4 is 4.74 Å². The highest BCUT2D eigenvalue weighted by atomic mass is 35.5. The van der Waals surface area contributed by atoms with Gasteiger partial charge in [-0.1, -0.05) is 35.3 Å². The van der Waals surface area contributed by atoms with Crippen molar-refractivity contribution in [3.05, 3.63) is 63.8 Å². The summed E-state index contributed by atoms with van der Waals surface area (Å²) in [7, 11) is 0. The van der Waals surface area contributed by atoms with Crippen LogP contribution in [-0.2, 0) is 6.42 Å². The number of imidazole rings is 1. The first kappa shape index (κ1) is 12.7. The van der Waals surface area contributed by atoms with Crippen LogP contribution in [0, 0.1) is 0 Å². The number of hydrogen-bond acceptors (Lipinski definition) is 2. The molecule has 3 nitrogen and oxygen atoms in total. The average Bonchev–Trinajstić information content (AvgIpc) is 2.87. The molecule has 1 aliphatic rings. The van der Waals surface area contributed by atoms with Crippen molar-refractivity contribution in [1.82, 2.24) is 9.97 Å². The Morgan fingerprint density at radius 2 is 1.90 bits per heavy atom. The Labute approximate surface area is 131 Å². The first-order chi connectivity index (χ1) is 10.2. The smallest absolute Gasteiger partial charge is 0.241 e. The first-order valence-corrected chi connectivity index (χ1v) is 7.26. The Morgan fingerprint density at radius 3 is 2.76 bits per heavy atom. The van der Waals surface area contributed by atoms with Gasteiger partial charge in [0.25, 0.3) is 0 Å². The van der Waals surface area contributed by atoms with Crippen molar-refractivity contribution < 1.29 is 4.74 Å². The predicted molar refractivity (Wildman–Crippen MR) is 83.4 cm³/mol. The zero-order chi connectivity index (χ0) is 14.4. The molecule has 0 bridgehead atoms. The van der Waals surface area contributed by atoms with Gasteiger partial charge < -0.3 is 9.72 Å². The molecular weight excluding hydrogens is 307 g/mol. The molecule has 104 valence electrons. The zero-order valence-corrected chi connectivity index (χ0v) is 12.4. The second-order valence-corrected chi connectivity index (χ2v) is 5.78. The minimum atomic E-state index is 0.611.